The molecule has 0 unspecified atom stereocenters. The smallest absolute Gasteiger partial charge is 0.335 e. The van der Waals surface area contributed by atoms with Crippen LogP contribution in [0.2, 0.25) is 0 Å². The summed E-state index contributed by atoms with van der Waals surface area (Å²) in [6, 6.07) is -3.06. The fourth-order valence-corrected chi connectivity index (χ4v) is 5.28. The summed E-state index contributed by atoms with van der Waals surface area (Å²) in [7, 11) is 0. The molecule has 3 rings (SSSR count). The van der Waals surface area contributed by atoms with Crippen molar-refractivity contribution in [3.8, 4) is 0 Å². The summed E-state index contributed by atoms with van der Waals surface area (Å²) in [5.41, 5.74) is 0. The van der Waals surface area contributed by atoms with E-state index in [2.05, 4.69) is 10.6 Å². The second-order valence-corrected chi connectivity index (χ2v) is 10.9. The zero-order chi connectivity index (χ0) is 34.5. The van der Waals surface area contributed by atoms with Gasteiger partial charge in [0.1, 0.15) is 73.1 Å². The third-order valence-electron chi connectivity index (χ3n) is 7.58. The van der Waals surface area contributed by atoms with Gasteiger partial charge in [-0.25, -0.2) is 4.79 Å². The molecule has 3 saturated heterocycles. The molecule has 3 heterocycles. The summed E-state index contributed by atoms with van der Waals surface area (Å²) in [5.74, 6) is -3.23. The van der Waals surface area contributed by atoms with Crippen molar-refractivity contribution in [3.63, 3.8) is 0 Å². The Hall–Kier alpha value is -2.19. The third kappa shape index (κ3) is 8.63. The first-order valence-electron chi connectivity index (χ1n) is 14.2. The molecular formula is C25H42N2O19. The number of carbonyl (C=O) groups is 3. The molecule has 21 heteroatoms. The van der Waals surface area contributed by atoms with E-state index in [1.54, 1.807) is 0 Å². The standard InChI is InChI=1S/C25H42N2O19/c1-7(32)26-12-16(36)14(34)10(5-30)42-23(12)45-20-17(37)21(22(39)40)46-25(18(20)38)44-19-13(27-8(2)33)24(41-9(3-28)4-29)43-11(6-31)15(19)35/h9-21,23-25,28-31,34-38H,3-6H2,1-2H3,(H,26,32)(H,27,33)(H,39,40)/t10-,11-,12-,13-,14-,15+,16-,17+,18-,19-,20+,21+,23-,24-,25-/m1/s1. The molecule has 0 bridgehead atoms. The number of aliphatic carboxylic acids is 1. The zero-order valence-electron chi connectivity index (χ0n) is 24.7. The molecule has 0 aromatic rings. The molecule has 266 valence electrons. The molecule has 15 atom stereocenters. The first kappa shape index (κ1) is 38.3. The lowest BCUT2D eigenvalue weighted by Crippen LogP contribution is -2.70. The van der Waals surface area contributed by atoms with E-state index in [0.717, 1.165) is 13.8 Å². The van der Waals surface area contributed by atoms with Gasteiger partial charge in [0.15, 0.2) is 25.0 Å². The van der Waals surface area contributed by atoms with Crippen molar-refractivity contribution in [2.75, 3.05) is 26.4 Å². The molecule has 46 heavy (non-hydrogen) atoms. The number of ether oxygens (including phenoxy) is 6. The van der Waals surface area contributed by atoms with Gasteiger partial charge in [-0.05, 0) is 0 Å². The number of hydrogen-bond acceptors (Lipinski definition) is 18. The van der Waals surface area contributed by atoms with Crippen molar-refractivity contribution in [2.45, 2.75) is 112 Å². The number of carbonyl (C=O) groups excluding carboxylic acids is 2. The van der Waals surface area contributed by atoms with Crippen LogP contribution in [-0.4, -0.2) is 193 Å². The van der Waals surface area contributed by atoms with Crippen LogP contribution >= 0.6 is 0 Å². The largest absolute Gasteiger partial charge is 0.479 e. The molecule has 0 spiro atoms. The lowest BCUT2D eigenvalue weighted by Gasteiger charge is -2.49. The Morgan fingerprint density at radius 2 is 1.17 bits per heavy atom. The maximum atomic E-state index is 12.1. The SMILES string of the molecule is CC(=O)N[C@H]1[C@@H](O[C@@H]2[C@@H](O)[C@H](O[C@H]3[C@@H](O)[C@@H](CO)O[C@@H](OC(CO)CO)[C@@H]3NC(C)=O)O[C@H](C(=O)O)[C@H]2O)O[C@H](CO)[C@@H](O)[C@@H]1O. The molecule has 21 nitrogen and oxygen atoms in total. The topological polar surface area (TPSA) is 333 Å². The Kier molecular flexibility index (Phi) is 13.9. The molecule has 3 aliphatic rings. The van der Waals surface area contributed by atoms with Gasteiger partial charge in [0.25, 0.3) is 0 Å². The first-order valence-corrected chi connectivity index (χ1v) is 14.2. The van der Waals surface area contributed by atoms with E-state index in [-0.39, 0.29) is 0 Å². The summed E-state index contributed by atoms with van der Waals surface area (Å²) in [5, 5.41) is 107. The van der Waals surface area contributed by atoms with E-state index < -0.39 is 142 Å². The van der Waals surface area contributed by atoms with E-state index in [0.29, 0.717) is 0 Å². The van der Waals surface area contributed by atoms with E-state index >= 15 is 0 Å². The highest BCUT2D eigenvalue weighted by molar-refractivity contribution is 5.74. The van der Waals surface area contributed by atoms with Crippen molar-refractivity contribution in [2.24, 2.45) is 0 Å². The lowest BCUT2D eigenvalue weighted by molar-refractivity contribution is -0.364. The van der Waals surface area contributed by atoms with Crippen molar-refractivity contribution in [3.05, 3.63) is 0 Å². The number of aliphatic hydroxyl groups is 9. The number of rotatable bonds is 13. The van der Waals surface area contributed by atoms with Crippen molar-refractivity contribution >= 4 is 17.8 Å². The highest BCUT2D eigenvalue weighted by Crippen LogP contribution is 2.33. The Balaban J connectivity index is 1.96. The van der Waals surface area contributed by atoms with Gasteiger partial charge in [0.05, 0.1) is 26.4 Å². The summed E-state index contributed by atoms with van der Waals surface area (Å²) in [6.45, 7) is -0.996. The van der Waals surface area contributed by atoms with Gasteiger partial charge in [0, 0.05) is 13.8 Å². The molecule has 3 fully saturated rings. The van der Waals surface area contributed by atoms with Crippen molar-refractivity contribution < 1.29 is 93.9 Å². The maximum Gasteiger partial charge on any atom is 0.335 e. The van der Waals surface area contributed by atoms with Crippen molar-refractivity contribution in [1.29, 1.82) is 0 Å². The van der Waals surface area contributed by atoms with Gasteiger partial charge in [-0.1, -0.05) is 0 Å². The van der Waals surface area contributed by atoms with Crippen LogP contribution in [0.3, 0.4) is 0 Å². The molecule has 0 aromatic heterocycles. The molecule has 3 aliphatic heterocycles. The molecular weight excluding hydrogens is 632 g/mol. The van der Waals surface area contributed by atoms with Gasteiger partial charge in [-0.2, -0.15) is 0 Å². The van der Waals surface area contributed by atoms with Crippen LogP contribution in [0.25, 0.3) is 0 Å². The molecule has 0 radical (unpaired) electrons. The predicted octanol–water partition coefficient (Wildman–Crippen LogP) is -7.82. The van der Waals surface area contributed by atoms with E-state index in [1.165, 1.54) is 0 Å². The average molecular weight is 675 g/mol. The first-order chi connectivity index (χ1) is 21.7. The fraction of sp³-hybridized carbons (Fsp3) is 0.880. The van der Waals surface area contributed by atoms with Gasteiger partial charge in [0.2, 0.25) is 11.8 Å². The van der Waals surface area contributed by atoms with E-state index in [4.69, 9.17) is 28.4 Å². The normalized spacial score (nSPS) is 41.6. The minimum atomic E-state index is -2.18. The Bertz CT molecular complexity index is 1020. The molecule has 0 saturated carbocycles. The van der Waals surface area contributed by atoms with Crippen LogP contribution in [0.4, 0.5) is 0 Å². The average Bonchev–Trinajstić information content (AvgIpc) is 3.00. The number of aliphatic hydroxyl groups excluding tert-OH is 9. The van der Waals surface area contributed by atoms with Crippen LogP contribution in [-0.2, 0) is 42.8 Å². The molecule has 0 aliphatic carbocycles. The molecule has 2 amide bonds. The van der Waals surface area contributed by atoms with Gasteiger partial charge >= 0.3 is 5.97 Å². The van der Waals surface area contributed by atoms with Gasteiger partial charge in [-0.15, -0.1) is 0 Å². The molecule has 12 N–H and O–H groups in total. The summed E-state index contributed by atoms with van der Waals surface area (Å²) >= 11 is 0. The van der Waals surface area contributed by atoms with Crippen LogP contribution in [0, 0.1) is 0 Å². The number of nitrogens with one attached hydrogen (secondary N) is 2. The number of carboxylic acids is 1. The maximum absolute atomic E-state index is 12.1. The van der Waals surface area contributed by atoms with Crippen molar-refractivity contribution in [1.82, 2.24) is 10.6 Å². The van der Waals surface area contributed by atoms with E-state index in [9.17, 15) is 65.4 Å². The van der Waals surface area contributed by atoms with Gasteiger partial charge in [-0.3, -0.25) is 9.59 Å². The monoisotopic (exact) mass is 674 g/mol. The summed E-state index contributed by atoms with van der Waals surface area (Å²) < 4.78 is 33.2. The highest BCUT2D eigenvalue weighted by atomic mass is 16.7. The highest BCUT2D eigenvalue weighted by Gasteiger charge is 2.56. The van der Waals surface area contributed by atoms with Crippen LogP contribution < -0.4 is 10.6 Å². The quantitative estimate of drug-likeness (QED) is 0.0863. The second kappa shape index (κ2) is 16.8. The summed E-state index contributed by atoms with van der Waals surface area (Å²) in [4.78, 5) is 36.0. The minimum Gasteiger partial charge on any atom is -0.479 e. The third-order valence-corrected chi connectivity index (χ3v) is 7.58. The number of carboxylic acid groups (broad SMARTS) is 1. The lowest BCUT2D eigenvalue weighted by atomic mass is 9.94. The Morgan fingerprint density at radius 3 is 1.70 bits per heavy atom. The van der Waals surface area contributed by atoms with Crippen LogP contribution in [0.1, 0.15) is 13.8 Å². The Morgan fingerprint density at radius 1 is 0.652 bits per heavy atom. The minimum absolute atomic E-state index is 0.714. The summed E-state index contributed by atoms with van der Waals surface area (Å²) in [6.07, 6.45) is -25.3. The predicted molar refractivity (Wildman–Crippen MR) is 142 cm³/mol. The number of hydrogen-bond donors (Lipinski definition) is 12. The molecule has 0 aromatic carbocycles. The second-order valence-electron chi connectivity index (χ2n) is 10.9. The zero-order valence-corrected chi connectivity index (χ0v) is 24.7. The number of amides is 2. The van der Waals surface area contributed by atoms with E-state index in [1.807, 2.05) is 0 Å². The van der Waals surface area contributed by atoms with Crippen LogP contribution in [0.5, 0.6) is 0 Å². The van der Waals surface area contributed by atoms with Crippen LogP contribution in [0.15, 0.2) is 0 Å². The fourth-order valence-electron chi connectivity index (χ4n) is 5.28. The Labute approximate surface area is 261 Å². The van der Waals surface area contributed by atoms with Gasteiger partial charge < -0.3 is 90.1 Å².